The molecule has 3 nitrogen and oxygen atoms in total. The van der Waals surface area contributed by atoms with Crippen LogP contribution in [0.2, 0.25) is 0 Å². The van der Waals surface area contributed by atoms with Crippen LogP contribution in [-0.2, 0) is 14.2 Å². The zero-order valence-corrected chi connectivity index (χ0v) is 11.8. The summed E-state index contributed by atoms with van der Waals surface area (Å²) in [7, 11) is 0. The van der Waals surface area contributed by atoms with Gasteiger partial charge in [0, 0.05) is 13.2 Å². The minimum atomic E-state index is 0.447. The standard InChI is InChI=1S/C16H26O3/c1(7-15-9-5-13-18-15)3-11-17-12-4-2-8-16-10-6-14-19-16/h1-4,15-16H,5-14H2. The Balaban J connectivity index is 1.40. The van der Waals surface area contributed by atoms with E-state index >= 15 is 0 Å². The second kappa shape index (κ2) is 9.29. The van der Waals surface area contributed by atoms with Gasteiger partial charge in [-0.15, -0.1) is 0 Å². The smallest absolute Gasteiger partial charge is 0.0651 e. The summed E-state index contributed by atoms with van der Waals surface area (Å²) in [5.41, 5.74) is 0. The van der Waals surface area contributed by atoms with E-state index in [9.17, 15) is 0 Å². The summed E-state index contributed by atoms with van der Waals surface area (Å²) in [5.74, 6) is 0. The van der Waals surface area contributed by atoms with Gasteiger partial charge < -0.3 is 14.2 Å². The summed E-state index contributed by atoms with van der Waals surface area (Å²) in [6, 6.07) is 0. The van der Waals surface area contributed by atoms with Gasteiger partial charge in [0.1, 0.15) is 0 Å². The molecule has 2 saturated heterocycles. The second-order valence-electron chi connectivity index (χ2n) is 5.22. The lowest BCUT2D eigenvalue weighted by atomic mass is 10.2. The van der Waals surface area contributed by atoms with Crippen LogP contribution >= 0.6 is 0 Å². The number of hydrogen-bond donors (Lipinski definition) is 0. The lowest BCUT2D eigenvalue weighted by Crippen LogP contribution is -2.02. The van der Waals surface area contributed by atoms with Crippen molar-refractivity contribution in [2.45, 2.75) is 50.7 Å². The Morgan fingerprint density at radius 2 is 1.32 bits per heavy atom. The van der Waals surface area contributed by atoms with E-state index in [-0.39, 0.29) is 0 Å². The van der Waals surface area contributed by atoms with E-state index in [4.69, 9.17) is 14.2 Å². The predicted molar refractivity (Wildman–Crippen MR) is 76.3 cm³/mol. The molecule has 2 heterocycles. The molecule has 0 bridgehead atoms. The Labute approximate surface area is 116 Å². The van der Waals surface area contributed by atoms with Crippen molar-refractivity contribution >= 4 is 0 Å². The van der Waals surface area contributed by atoms with Crippen LogP contribution in [0.1, 0.15) is 38.5 Å². The fourth-order valence-corrected chi connectivity index (χ4v) is 2.50. The first kappa shape index (κ1) is 14.8. The SMILES string of the molecule is C(=CCC1CCCO1)COCC=CCC1CCCO1. The molecule has 0 aromatic carbocycles. The average molecular weight is 266 g/mol. The molecule has 0 aromatic heterocycles. The number of ether oxygens (including phenoxy) is 3. The van der Waals surface area contributed by atoms with Crippen molar-refractivity contribution in [3.05, 3.63) is 24.3 Å². The summed E-state index contributed by atoms with van der Waals surface area (Å²) in [5, 5.41) is 0. The normalized spacial score (nSPS) is 28.0. The van der Waals surface area contributed by atoms with Crippen LogP contribution in [0.3, 0.4) is 0 Å². The van der Waals surface area contributed by atoms with Crippen LogP contribution in [0.25, 0.3) is 0 Å². The van der Waals surface area contributed by atoms with Crippen LogP contribution in [0.4, 0.5) is 0 Å². The molecule has 0 N–H and O–H groups in total. The highest BCUT2D eigenvalue weighted by Gasteiger charge is 2.13. The molecule has 3 heteroatoms. The molecule has 0 aliphatic carbocycles. The van der Waals surface area contributed by atoms with Crippen molar-refractivity contribution in [1.82, 2.24) is 0 Å². The van der Waals surface area contributed by atoms with Crippen molar-refractivity contribution in [2.75, 3.05) is 26.4 Å². The van der Waals surface area contributed by atoms with E-state index in [0.717, 1.165) is 26.1 Å². The molecular weight excluding hydrogens is 240 g/mol. The summed E-state index contributed by atoms with van der Waals surface area (Å²) < 4.78 is 16.6. The van der Waals surface area contributed by atoms with Gasteiger partial charge in [-0.3, -0.25) is 0 Å². The molecule has 2 atom stereocenters. The topological polar surface area (TPSA) is 27.7 Å². The average Bonchev–Trinajstić information content (AvgIpc) is 3.10. The molecule has 0 radical (unpaired) electrons. The van der Waals surface area contributed by atoms with E-state index in [1.165, 1.54) is 25.7 Å². The van der Waals surface area contributed by atoms with Crippen LogP contribution in [0, 0.1) is 0 Å². The molecule has 2 unspecified atom stereocenters. The van der Waals surface area contributed by atoms with Gasteiger partial charge in [0.2, 0.25) is 0 Å². The van der Waals surface area contributed by atoms with Crippen LogP contribution in [0.5, 0.6) is 0 Å². The maximum absolute atomic E-state index is 5.55. The molecule has 2 fully saturated rings. The van der Waals surface area contributed by atoms with E-state index in [0.29, 0.717) is 25.4 Å². The summed E-state index contributed by atoms with van der Waals surface area (Å²) in [6.07, 6.45) is 16.3. The molecule has 0 aromatic rings. The minimum absolute atomic E-state index is 0.447. The van der Waals surface area contributed by atoms with Gasteiger partial charge in [0.25, 0.3) is 0 Å². The van der Waals surface area contributed by atoms with Crippen molar-refractivity contribution in [1.29, 1.82) is 0 Å². The molecule has 2 rings (SSSR count). The Kier molecular flexibility index (Phi) is 7.22. The van der Waals surface area contributed by atoms with Gasteiger partial charge in [-0.05, 0) is 38.5 Å². The van der Waals surface area contributed by atoms with Crippen LogP contribution in [0.15, 0.2) is 24.3 Å². The molecule has 0 saturated carbocycles. The number of rotatable bonds is 8. The lowest BCUT2D eigenvalue weighted by Gasteiger charge is -2.04. The fraction of sp³-hybridized carbons (Fsp3) is 0.750. The van der Waals surface area contributed by atoms with Crippen molar-refractivity contribution < 1.29 is 14.2 Å². The van der Waals surface area contributed by atoms with Crippen LogP contribution < -0.4 is 0 Å². The van der Waals surface area contributed by atoms with Crippen molar-refractivity contribution in [3.63, 3.8) is 0 Å². The monoisotopic (exact) mass is 266 g/mol. The quantitative estimate of drug-likeness (QED) is 0.498. The lowest BCUT2D eigenvalue weighted by molar-refractivity contribution is 0.113. The summed E-state index contributed by atoms with van der Waals surface area (Å²) in [6.45, 7) is 3.25. The third-order valence-electron chi connectivity index (χ3n) is 3.61. The van der Waals surface area contributed by atoms with Gasteiger partial charge in [0.15, 0.2) is 0 Å². The summed E-state index contributed by atoms with van der Waals surface area (Å²) >= 11 is 0. The molecular formula is C16H26O3. The molecule has 2 aliphatic heterocycles. The van der Waals surface area contributed by atoms with Crippen molar-refractivity contribution in [2.24, 2.45) is 0 Å². The van der Waals surface area contributed by atoms with Gasteiger partial charge in [0.05, 0.1) is 25.4 Å². The Bertz CT molecular complexity index is 246. The largest absolute Gasteiger partial charge is 0.378 e. The molecule has 108 valence electrons. The highest BCUT2D eigenvalue weighted by Crippen LogP contribution is 2.16. The first-order valence-corrected chi connectivity index (χ1v) is 7.56. The predicted octanol–water partition coefficient (Wildman–Crippen LogP) is 3.25. The van der Waals surface area contributed by atoms with Crippen molar-refractivity contribution in [3.8, 4) is 0 Å². The first-order valence-electron chi connectivity index (χ1n) is 7.56. The first-order chi connectivity index (χ1) is 9.45. The Hall–Kier alpha value is -0.640. The maximum Gasteiger partial charge on any atom is 0.0651 e. The third-order valence-corrected chi connectivity index (χ3v) is 3.61. The molecule has 0 amide bonds. The maximum atomic E-state index is 5.55. The fourth-order valence-electron chi connectivity index (χ4n) is 2.50. The highest BCUT2D eigenvalue weighted by atomic mass is 16.5. The van der Waals surface area contributed by atoms with E-state index < -0.39 is 0 Å². The Morgan fingerprint density at radius 3 is 1.74 bits per heavy atom. The summed E-state index contributed by atoms with van der Waals surface area (Å²) in [4.78, 5) is 0. The van der Waals surface area contributed by atoms with E-state index in [2.05, 4.69) is 24.3 Å². The second-order valence-corrected chi connectivity index (χ2v) is 5.22. The third kappa shape index (κ3) is 6.37. The van der Waals surface area contributed by atoms with Gasteiger partial charge in [-0.25, -0.2) is 0 Å². The zero-order chi connectivity index (χ0) is 13.2. The van der Waals surface area contributed by atoms with Gasteiger partial charge in [-0.1, -0.05) is 24.3 Å². The van der Waals surface area contributed by atoms with Gasteiger partial charge in [-0.2, -0.15) is 0 Å². The molecule has 2 aliphatic rings. The van der Waals surface area contributed by atoms with Crippen LogP contribution in [-0.4, -0.2) is 38.6 Å². The van der Waals surface area contributed by atoms with Gasteiger partial charge >= 0.3 is 0 Å². The zero-order valence-electron chi connectivity index (χ0n) is 11.8. The van der Waals surface area contributed by atoms with E-state index in [1.54, 1.807) is 0 Å². The molecule has 0 spiro atoms. The minimum Gasteiger partial charge on any atom is -0.378 e. The highest BCUT2D eigenvalue weighted by molar-refractivity contribution is 4.88. The Morgan fingerprint density at radius 1 is 0.789 bits per heavy atom. The van der Waals surface area contributed by atoms with E-state index in [1.807, 2.05) is 0 Å². The molecule has 19 heavy (non-hydrogen) atoms. The number of hydrogen-bond acceptors (Lipinski definition) is 3.